The Morgan fingerprint density at radius 2 is 1.74 bits per heavy atom. The molecule has 0 aliphatic carbocycles. The van der Waals surface area contributed by atoms with Crippen molar-refractivity contribution in [1.82, 2.24) is 15.1 Å². The van der Waals surface area contributed by atoms with Gasteiger partial charge < -0.3 is 33.7 Å². The minimum absolute atomic E-state index is 0.0818. The van der Waals surface area contributed by atoms with Crippen molar-refractivity contribution in [2.45, 2.75) is 13.5 Å². The van der Waals surface area contributed by atoms with Crippen molar-refractivity contribution >= 4 is 11.9 Å². The quantitative estimate of drug-likeness (QED) is 0.532. The van der Waals surface area contributed by atoms with E-state index in [2.05, 4.69) is 10.2 Å². The number of methoxy groups -OCH3 is 3. The zero-order valence-electron chi connectivity index (χ0n) is 18.5. The largest absolute Gasteiger partial charge is 0.493 e. The van der Waals surface area contributed by atoms with Crippen LogP contribution in [0.2, 0.25) is 0 Å². The van der Waals surface area contributed by atoms with Gasteiger partial charge in [-0.15, -0.1) is 0 Å². The molecule has 31 heavy (non-hydrogen) atoms. The van der Waals surface area contributed by atoms with Crippen LogP contribution in [0, 0.1) is 0 Å². The summed E-state index contributed by atoms with van der Waals surface area (Å²) in [6, 6.07) is 7.18. The number of piperazine rings is 1. The fourth-order valence-corrected chi connectivity index (χ4v) is 3.55. The van der Waals surface area contributed by atoms with E-state index in [9.17, 15) is 4.79 Å². The van der Waals surface area contributed by atoms with Gasteiger partial charge in [0.25, 0.3) is 5.91 Å². The number of benzene rings is 1. The molecule has 1 aromatic heterocycles. The number of guanidine groups is 1. The number of carbonyl (C=O) groups is 1. The Morgan fingerprint density at radius 3 is 2.32 bits per heavy atom. The maximum atomic E-state index is 12.5. The lowest BCUT2D eigenvalue weighted by molar-refractivity contribution is 0.0657. The Morgan fingerprint density at radius 1 is 1.03 bits per heavy atom. The average molecular weight is 431 g/mol. The second-order valence-electron chi connectivity index (χ2n) is 6.92. The third kappa shape index (κ3) is 5.04. The van der Waals surface area contributed by atoms with Gasteiger partial charge in [0, 0.05) is 38.3 Å². The van der Waals surface area contributed by atoms with E-state index in [0.29, 0.717) is 55.7 Å². The summed E-state index contributed by atoms with van der Waals surface area (Å²) < 4.78 is 21.6. The van der Waals surface area contributed by atoms with Gasteiger partial charge in [0.2, 0.25) is 5.75 Å². The molecule has 0 unspecified atom stereocenters. The summed E-state index contributed by atoms with van der Waals surface area (Å²) in [7, 11) is 4.78. The van der Waals surface area contributed by atoms with E-state index in [4.69, 9.17) is 23.6 Å². The van der Waals surface area contributed by atoms with Gasteiger partial charge >= 0.3 is 0 Å². The summed E-state index contributed by atoms with van der Waals surface area (Å²) in [6.45, 7) is 5.75. The molecular formula is C22H30N4O5. The molecule has 0 atom stereocenters. The zero-order chi connectivity index (χ0) is 22.2. The van der Waals surface area contributed by atoms with Crippen molar-refractivity contribution in [3.63, 3.8) is 0 Å². The molecule has 168 valence electrons. The molecule has 1 N–H and O–H groups in total. The van der Waals surface area contributed by atoms with Crippen LogP contribution < -0.4 is 19.5 Å². The smallest absolute Gasteiger partial charge is 0.289 e. The highest BCUT2D eigenvalue weighted by molar-refractivity contribution is 5.91. The number of nitrogens with one attached hydrogen (secondary N) is 1. The lowest BCUT2D eigenvalue weighted by Crippen LogP contribution is -2.53. The summed E-state index contributed by atoms with van der Waals surface area (Å²) in [5.74, 6) is 2.85. The van der Waals surface area contributed by atoms with Crippen LogP contribution in [0.5, 0.6) is 17.2 Å². The summed E-state index contributed by atoms with van der Waals surface area (Å²) in [5.41, 5.74) is 0.891. The van der Waals surface area contributed by atoms with Crippen molar-refractivity contribution in [2.24, 2.45) is 4.99 Å². The molecular weight excluding hydrogens is 400 g/mol. The fraction of sp³-hybridized carbons (Fsp3) is 0.455. The van der Waals surface area contributed by atoms with Crippen LogP contribution in [0.25, 0.3) is 0 Å². The van der Waals surface area contributed by atoms with E-state index >= 15 is 0 Å². The maximum absolute atomic E-state index is 12.5. The molecule has 1 aromatic carbocycles. The van der Waals surface area contributed by atoms with Gasteiger partial charge in [-0.2, -0.15) is 0 Å². The topological polar surface area (TPSA) is 88.8 Å². The Bertz CT molecular complexity index is 890. The Hall–Kier alpha value is -3.36. The number of rotatable bonds is 7. The fourth-order valence-electron chi connectivity index (χ4n) is 3.55. The van der Waals surface area contributed by atoms with Crippen LogP contribution in [0.3, 0.4) is 0 Å². The molecule has 3 rings (SSSR count). The van der Waals surface area contributed by atoms with E-state index < -0.39 is 0 Å². The van der Waals surface area contributed by atoms with E-state index in [1.807, 2.05) is 19.1 Å². The number of carbonyl (C=O) groups excluding carboxylic acids is 1. The van der Waals surface area contributed by atoms with Gasteiger partial charge in [0.1, 0.15) is 0 Å². The van der Waals surface area contributed by atoms with Crippen LogP contribution in [-0.4, -0.2) is 75.7 Å². The molecule has 0 bridgehead atoms. The van der Waals surface area contributed by atoms with Crippen molar-refractivity contribution in [2.75, 3.05) is 54.1 Å². The van der Waals surface area contributed by atoms with Crippen LogP contribution in [0.15, 0.2) is 39.9 Å². The van der Waals surface area contributed by atoms with Crippen LogP contribution in [-0.2, 0) is 6.54 Å². The van der Waals surface area contributed by atoms with Crippen molar-refractivity contribution in [3.05, 3.63) is 41.9 Å². The van der Waals surface area contributed by atoms with Gasteiger partial charge in [-0.3, -0.25) is 4.79 Å². The predicted molar refractivity (Wildman–Crippen MR) is 117 cm³/mol. The van der Waals surface area contributed by atoms with Gasteiger partial charge in [-0.1, -0.05) is 0 Å². The average Bonchev–Trinajstić information content (AvgIpc) is 3.35. The second kappa shape index (κ2) is 10.6. The predicted octanol–water partition coefficient (Wildman–Crippen LogP) is 2.23. The molecule has 0 radical (unpaired) electrons. The first-order chi connectivity index (χ1) is 15.1. The third-order valence-electron chi connectivity index (χ3n) is 5.12. The first-order valence-electron chi connectivity index (χ1n) is 10.3. The summed E-state index contributed by atoms with van der Waals surface area (Å²) in [6.07, 6.45) is 1.52. The number of amides is 1. The van der Waals surface area contributed by atoms with Gasteiger partial charge in [-0.05, 0) is 31.2 Å². The van der Waals surface area contributed by atoms with E-state index in [-0.39, 0.29) is 5.91 Å². The van der Waals surface area contributed by atoms with E-state index in [0.717, 1.165) is 18.1 Å². The Balaban J connectivity index is 1.71. The molecule has 1 aliphatic rings. The highest BCUT2D eigenvalue weighted by Gasteiger charge is 2.25. The summed E-state index contributed by atoms with van der Waals surface area (Å²) in [4.78, 5) is 21.2. The number of aliphatic imine (C=N–C) groups is 1. The van der Waals surface area contributed by atoms with Crippen molar-refractivity contribution < 1.29 is 23.4 Å². The number of furan rings is 1. The minimum Gasteiger partial charge on any atom is -0.493 e. The highest BCUT2D eigenvalue weighted by Crippen LogP contribution is 2.40. The van der Waals surface area contributed by atoms with Gasteiger partial charge in [-0.25, -0.2) is 4.99 Å². The molecule has 0 spiro atoms. The van der Waals surface area contributed by atoms with Crippen molar-refractivity contribution in [1.29, 1.82) is 0 Å². The highest BCUT2D eigenvalue weighted by atomic mass is 16.5. The van der Waals surface area contributed by atoms with Crippen LogP contribution in [0.1, 0.15) is 23.0 Å². The lowest BCUT2D eigenvalue weighted by atomic mass is 10.1. The SMILES string of the molecule is CCNC(=NCc1ccc(OC)c(OC)c1OC)N1CCN(C(=O)c2ccco2)CC1. The molecule has 9 nitrogen and oxygen atoms in total. The van der Waals surface area contributed by atoms with Gasteiger partial charge in [0.15, 0.2) is 23.2 Å². The third-order valence-corrected chi connectivity index (χ3v) is 5.12. The molecule has 2 heterocycles. The molecule has 1 saturated heterocycles. The zero-order valence-corrected chi connectivity index (χ0v) is 18.5. The summed E-state index contributed by atoms with van der Waals surface area (Å²) in [5, 5.41) is 3.34. The minimum atomic E-state index is -0.0818. The van der Waals surface area contributed by atoms with Crippen molar-refractivity contribution in [3.8, 4) is 17.2 Å². The standard InChI is InChI=1S/C22H30N4O5/c1-5-23-22(24-15-16-8-9-17(28-2)20(30-4)19(16)29-3)26-12-10-25(11-13-26)21(27)18-7-6-14-31-18/h6-9,14H,5,10-13,15H2,1-4H3,(H,23,24). The Labute approximate surface area is 182 Å². The Kier molecular flexibility index (Phi) is 7.64. The number of nitrogens with zero attached hydrogens (tertiary/aromatic N) is 3. The molecule has 1 fully saturated rings. The second-order valence-corrected chi connectivity index (χ2v) is 6.92. The maximum Gasteiger partial charge on any atom is 0.289 e. The first kappa shape index (κ1) is 22.3. The van der Waals surface area contributed by atoms with Gasteiger partial charge in [0.05, 0.1) is 34.1 Å². The number of hydrogen-bond acceptors (Lipinski definition) is 6. The normalized spacial score (nSPS) is 14.4. The van der Waals surface area contributed by atoms with Crippen LogP contribution >= 0.6 is 0 Å². The molecule has 0 saturated carbocycles. The van der Waals surface area contributed by atoms with E-state index in [1.54, 1.807) is 38.4 Å². The monoisotopic (exact) mass is 430 g/mol. The van der Waals surface area contributed by atoms with Crippen LogP contribution in [0.4, 0.5) is 0 Å². The molecule has 1 aliphatic heterocycles. The lowest BCUT2D eigenvalue weighted by Gasteiger charge is -2.36. The number of ether oxygens (including phenoxy) is 3. The number of hydrogen-bond donors (Lipinski definition) is 1. The molecule has 1 amide bonds. The molecule has 2 aromatic rings. The molecule has 9 heteroatoms. The van der Waals surface area contributed by atoms with E-state index in [1.165, 1.54) is 6.26 Å². The summed E-state index contributed by atoms with van der Waals surface area (Å²) >= 11 is 0. The first-order valence-corrected chi connectivity index (χ1v) is 10.3.